The van der Waals surface area contributed by atoms with Gasteiger partial charge in [0.2, 0.25) is 5.91 Å². The molecule has 0 spiro atoms. The second-order valence-electron chi connectivity index (χ2n) is 7.33. The van der Waals surface area contributed by atoms with Crippen molar-refractivity contribution in [2.24, 2.45) is 0 Å². The largest absolute Gasteiger partial charge is 0.309 e. The molecule has 0 fully saturated rings. The van der Waals surface area contributed by atoms with Crippen LogP contribution < -0.4 is 5.32 Å². The minimum atomic E-state index is -0.0796. The molecule has 2 aromatic heterocycles. The number of aromatic amines is 1. The van der Waals surface area contributed by atoms with E-state index in [1.165, 1.54) is 0 Å². The normalized spacial score (nSPS) is 17.6. The predicted molar refractivity (Wildman–Crippen MR) is 94.1 cm³/mol. The highest BCUT2D eigenvalue weighted by molar-refractivity contribution is 5.96. The summed E-state index contributed by atoms with van der Waals surface area (Å²) in [7, 11) is 0. The molecule has 1 atom stereocenters. The molecule has 0 bridgehead atoms. The highest BCUT2D eigenvalue weighted by Gasteiger charge is 2.35. The number of hydrogen-bond donors (Lipinski definition) is 2. The Morgan fingerprint density at radius 3 is 2.75 bits per heavy atom. The van der Waals surface area contributed by atoms with Crippen LogP contribution in [0.5, 0.6) is 0 Å². The lowest BCUT2D eigenvalue weighted by Gasteiger charge is -2.27. The summed E-state index contributed by atoms with van der Waals surface area (Å²) in [5.74, 6) is 0.636. The van der Waals surface area contributed by atoms with Crippen molar-refractivity contribution in [3.63, 3.8) is 0 Å². The number of nitrogens with zero attached hydrogens (tertiary/aromatic N) is 2. The molecule has 4 rings (SSSR count). The van der Waals surface area contributed by atoms with E-state index in [9.17, 15) is 4.79 Å². The molecule has 1 aliphatic heterocycles. The lowest BCUT2D eigenvalue weighted by Crippen LogP contribution is -2.26. The number of fused-ring (bicyclic) bond motifs is 2. The molecule has 5 nitrogen and oxygen atoms in total. The zero-order valence-corrected chi connectivity index (χ0v) is 14.1. The van der Waals surface area contributed by atoms with Crippen molar-refractivity contribution in [3.05, 3.63) is 53.3 Å². The molecule has 1 amide bonds. The Labute approximate surface area is 140 Å². The zero-order valence-electron chi connectivity index (χ0n) is 14.1. The first kappa shape index (κ1) is 14.9. The fourth-order valence-electron chi connectivity index (χ4n) is 3.51. The average molecular weight is 320 g/mol. The summed E-state index contributed by atoms with van der Waals surface area (Å²) in [5.41, 5.74) is 4.16. The highest BCUT2D eigenvalue weighted by Crippen LogP contribution is 2.43. The molecule has 1 unspecified atom stereocenters. The molecule has 0 aliphatic carbocycles. The van der Waals surface area contributed by atoms with E-state index in [1.54, 1.807) is 0 Å². The van der Waals surface area contributed by atoms with Crippen LogP contribution in [0.25, 0.3) is 10.9 Å². The maximum Gasteiger partial charge on any atom is 0.226 e. The number of pyridine rings is 1. The summed E-state index contributed by atoms with van der Waals surface area (Å²) in [6.45, 7) is 6.46. The van der Waals surface area contributed by atoms with Crippen molar-refractivity contribution in [2.45, 2.75) is 38.5 Å². The average Bonchev–Trinajstić information content (AvgIpc) is 2.97. The molecule has 3 aromatic rings. The SMILES string of the molecule is CC(C)(C)c1[nH]nc2c1C(c1ccnc3ccccc13)CC(=O)N2. The lowest BCUT2D eigenvalue weighted by molar-refractivity contribution is -0.116. The molecule has 0 saturated heterocycles. The summed E-state index contributed by atoms with van der Waals surface area (Å²) in [6, 6.07) is 10.1. The number of carbonyl (C=O) groups is 1. The highest BCUT2D eigenvalue weighted by atomic mass is 16.1. The van der Waals surface area contributed by atoms with Gasteiger partial charge in [0, 0.05) is 40.6 Å². The number of hydrogen-bond acceptors (Lipinski definition) is 3. The van der Waals surface area contributed by atoms with Gasteiger partial charge in [0.05, 0.1) is 5.52 Å². The molecule has 2 N–H and O–H groups in total. The Balaban J connectivity index is 1.97. The smallest absolute Gasteiger partial charge is 0.226 e. The number of benzene rings is 1. The Hall–Kier alpha value is -2.69. The number of carbonyl (C=O) groups excluding carboxylic acids is 1. The van der Waals surface area contributed by atoms with Gasteiger partial charge in [-0.25, -0.2) is 0 Å². The van der Waals surface area contributed by atoms with E-state index < -0.39 is 0 Å². The maximum atomic E-state index is 12.2. The molecule has 0 saturated carbocycles. The summed E-state index contributed by atoms with van der Waals surface area (Å²) in [5, 5.41) is 11.5. The van der Waals surface area contributed by atoms with E-state index in [1.807, 2.05) is 30.5 Å². The van der Waals surface area contributed by atoms with Gasteiger partial charge < -0.3 is 5.32 Å². The monoisotopic (exact) mass is 320 g/mol. The Morgan fingerprint density at radius 1 is 1.17 bits per heavy atom. The molecule has 122 valence electrons. The summed E-state index contributed by atoms with van der Waals surface area (Å²) in [6.07, 6.45) is 2.24. The van der Waals surface area contributed by atoms with Gasteiger partial charge in [-0.1, -0.05) is 39.0 Å². The topological polar surface area (TPSA) is 70.7 Å². The standard InChI is InChI=1S/C19H20N4O/c1-19(2,3)17-16-13(10-15(24)21-18(16)23-22-17)11-8-9-20-14-7-5-4-6-12(11)14/h4-9,13H,10H2,1-3H3,(H2,21,22,23,24). The third-order valence-electron chi connectivity index (χ3n) is 4.61. The van der Waals surface area contributed by atoms with Gasteiger partial charge in [-0.2, -0.15) is 5.10 Å². The molecule has 1 aromatic carbocycles. The van der Waals surface area contributed by atoms with Crippen LogP contribution in [0.2, 0.25) is 0 Å². The molecule has 0 radical (unpaired) electrons. The minimum absolute atomic E-state index is 0.000326. The second kappa shape index (κ2) is 5.16. The van der Waals surface area contributed by atoms with Crippen LogP contribution in [0.15, 0.2) is 36.5 Å². The molecule has 1 aliphatic rings. The van der Waals surface area contributed by atoms with Crippen molar-refractivity contribution < 1.29 is 4.79 Å². The van der Waals surface area contributed by atoms with Gasteiger partial charge in [-0.15, -0.1) is 0 Å². The van der Waals surface area contributed by atoms with E-state index in [4.69, 9.17) is 0 Å². The van der Waals surface area contributed by atoms with Crippen molar-refractivity contribution in [1.82, 2.24) is 15.2 Å². The Morgan fingerprint density at radius 2 is 1.96 bits per heavy atom. The van der Waals surface area contributed by atoms with E-state index in [0.717, 1.165) is 27.7 Å². The van der Waals surface area contributed by atoms with Crippen molar-refractivity contribution in [1.29, 1.82) is 0 Å². The van der Waals surface area contributed by atoms with Gasteiger partial charge in [0.1, 0.15) is 0 Å². The Kier molecular flexibility index (Phi) is 3.20. The second-order valence-corrected chi connectivity index (χ2v) is 7.33. The van der Waals surface area contributed by atoms with Gasteiger partial charge in [0.15, 0.2) is 5.82 Å². The third-order valence-corrected chi connectivity index (χ3v) is 4.61. The fraction of sp³-hybridized carbons (Fsp3) is 0.316. The summed E-state index contributed by atoms with van der Waals surface area (Å²) in [4.78, 5) is 16.7. The first-order valence-electron chi connectivity index (χ1n) is 8.17. The minimum Gasteiger partial charge on any atom is -0.309 e. The van der Waals surface area contributed by atoms with Crippen molar-refractivity contribution >= 4 is 22.6 Å². The lowest BCUT2D eigenvalue weighted by atomic mass is 9.79. The molecule has 24 heavy (non-hydrogen) atoms. The fourth-order valence-corrected chi connectivity index (χ4v) is 3.51. The molecular formula is C19H20N4O. The number of rotatable bonds is 1. The zero-order chi connectivity index (χ0) is 16.9. The van der Waals surface area contributed by atoms with E-state index in [0.29, 0.717) is 12.2 Å². The number of H-pyrrole nitrogens is 1. The van der Waals surface area contributed by atoms with Crippen LogP contribution in [0, 0.1) is 0 Å². The third kappa shape index (κ3) is 2.28. The van der Waals surface area contributed by atoms with Crippen LogP contribution >= 0.6 is 0 Å². The van der Waals surface area contributed by atoms with Gasteiger partial charge in [0.25, 0.3) is 0 Å². The van der Waals surface area contributed by atoms with Crippen LogP contribution in [0.1, 0.15) is 49.9 Å². The van der Waals surface area contributed by atoms with E-state index >= 15 is 0 Å². The van der Waals surface area contributed by atoms with Crippen molar-refractivity contribution in [3.8, 4) is 0 Å². The van der Waals surface area contributed by atoms with Gasteiger partial charge >= 0.3 is 0 Å². The van der Waals surface area contributed by atoms with E-state index in [-0.39, 0.29) is 17.2 Å². The van der Waals surface area contributed by atoms with E-state index in [2.05, 4.69) is 47.3 Å². The number of aromatic nitrogens is 3. The predicted octanol–water partition coefficient (Wildman–Crippen LogP) is 3.73. The Bertz CT molecular complexity index is 931. The molecule has 3 heterocycles. The summed E-state index contributed by atoms with van der Waals surface area (Å²) < 4.78 is 0. The van der Waals surface area contributed by atoms with Crippen LogP contribution in [-0.4, -0.2) is 21.1 Å². The maximum absolute atomic E-state index is 12.2. The first-order valence-corrected chi connectivity index (χ1v) is 8.17. The molecule has 5 heteroatoms. The number of nitrogens with one attached hydrogen (secondary N) is 2. The molecular weight excluding hydrogens is 300 g/mol. The first-order chi connectivity index (χ1) is 11.4. The number of amides is 1. The summed E-state index contributed by atoms with van der Waals surface area (Å²) >= 11 is 0. The van der Waals surface area contributed by atoms with Crippen LogP contribution in [0.3, 0.4) is 0 Å². The quantitative estimate of drug-likeness (QED) is 0.717. The van der Waals surface area contributed by atoms with Crippen LogP contribution in [-0.2, 0) is 10.2 Å². The van der Waals surface area contributed by atoms with Gasteiger partial charge in [-0.05, 0) is 17.7 Å². The van der Waals surface area contributed by atoms with Gasteiger partial charge in [-0.3, -0.25) is 14.9 Å². The number of anilines is 1. The van der Waals surface area contributed by atoms with Crippen molar-refractivity contribution in [2.75, 3.05) is 5.32 Å². The number of para-hydroxylation sites is 1. The van der Waals surface area contributed by atoms with Crippen LogP contribution in [0.4, 0.5) is 5.82 Å².